The SMILES string of the molecule is CN(C)C=C1C(=O)N(c2cccc(C#N)c2)c2ccccc21. The molecule has 0 saturated heterocycles. The van der Waals surface area contributed by atoms with Crippen molar-refractivity contribution in [3.8, 4) is 6.07 Å². The van der Waals surface area contributed by atoms with Crippen molar-refractivity contribution < 1.29 is 4.79 Å². The van der Waals surface area contributed by atoms with Crippen LogP contribution in [0.15, 0.2) is 54.7 Å². The highest BCUT2D eigenvalue weighted by Crippen LogP contribution is 2.41. The number of rotatable bonds is 2. The van der Waals surface area contributed by atoms with E-state index in [1.165, 1.54) is 0 Å². The van der Waals surface area contributed by atoms with Crippen LogP contribution in [0.1, 0.15) is 11.1 Å². The summed E-state index contributed by atoms with van der Waals surface area (Å²) in [5.41, 5.74) is 3.65. The fourth-order valence-corrected chi connectivity index (χ4v) is 2.60. The van der Waals surface area contributed by atoms with Crippen LogP contribution in [-0.4, -0.2) is 24.9 Å². The van der Waals surface area contributed by atoms with Crippen molar-refractivity contribution in [1.82, 2.24) is 4.90 Å². The molecule has 1 heterocycles. The van der Waals surface area contributed by atoms with Gasteiger partial charge in [-0.15, -0.1) is 0 Å². The van der Waals surface area contributed by atoms with Crippen molar-refractivity contribution in [1.29, 1.82) is 5.26 Å². The average molecular weight is 289 g/mol. The molecule has 3 rings (SSSR count). The zero-order valence-corrected chi connectivity index (χ0v) is 12.4. The van der Waals surface area contributed by atoms with Gasteiger partial charge in [-0.05, 0) is 24.3 Å². The number of amides is 1. The Bertz CT molecular complexity index is 815. The Morgan fingerprint density at radius 1 is 1.14 bits per heavy atom. The lowest BCUT2D eigenvalue weighted by atomic mass is 10.1. The number of nitrogens with zero attached hydrogens (tertiary/aromatic N) is 3. The molecule has 0 atom stereocenters. The van der Waals surface area contributed by atoms with Crippen molar-refractivity contribution in [2.45, 2.75) is 0 Å². The van der Waals surface area contributed by atoms with Crippen LogP contribution in [0.4, 0.5) is 11.4 Å². The highest BCUT2D eigenvalue weighted by atomic mass is 16.2. The van der Waals surface area contributed by atoms with Gasteiger partial charge in [0.2, 0.25) is 0 Å². The second kappa shape index (κ2) is 5.38. The van der Waals surface area contributed by atoms with Gasteiger partial charge in [-0.1, -0.05) is 24.3 Å². The molecule has 0 unspecified atom stereocenters. The van der Waals surface area contributed by atoms with Gasteiger partial charge in [-0.25, -0.2) is 0 Å². The van der Waals surface area contributed by atoms with Crippen molar-refractivity contribution in [2.75, 3.05) is 19.0 Å². The van der Waals surface area contributed by atoms with Crippen LogP contribution >= 0.6 is 0 Å². The highest BCUT2D eigenvalue weighted by molar-refractivity contribution is 6.34. The summed E-state index contributed by atoms with van der Waals surface area (Å²) in [5.74, 6) is -0.0787. The van der Waals surface area contributed by atoms with Gasteiger partial charge in [0.15, 0.2) is 0 Å². The van der Waals surface area contributed by atoms with E-state index in [-0.39, 0.29) is 5.91 Å². The summed E-state index contributed by atoms with van der Waals surface area (Å²) in [6.07, 6.45) is 1.83. The monoisotopic (exact) mass is 289 g/mol. The van der Waals surface area contributed by atoms with Crippen LogP contribution in [0.5, 0.6) is 0 Å². The second-order valence-corrected chi connectivity index (χ2v) is 5.33. The van der Waals surface area contributed by atoms with Gasteiger partial charge in [-0.2, -0.15) is 5.26 Å². The predicted molar refractivity (Wildman–Crippen MR) is 86.4 cm³/mol. The zero-order valence-electron chi connectivity index (χ0n) is 12.4. The maximum absolute atomic E-state index is 12.8. The van der Waals surface area contributed by atoms with Crippen LogP contribution in [0, 0.1) is 11.3 Å². The van der Waals surface area contributed by atoms with Gasteiger partial charge in [0.25, 0.3) is 5.91 Å². The van der Waals surface area contributed by atoms with Gasteiger partial charge in [0, 0.05) is 25.9 Å². The molecular weight excluding hydrogens is 274 g/mol. The van der Waals surface area contributed by atoms with Crippen molar-refractivity contribution >= 4 is 22.9 Å². The number of para-hydroxylation sites is 1. The molecule has 1 aliphatic heterocycles. The van der Waals surface area contributed by atoms with Gasteiger partial charge >= 0.3 is 0 Å². The number of carbonyl (C=O) groups excluding carboxylic acids is 1. The first-order valence-corrected chi connectivity index (χ1v) is 6.94. The molecule has 108 valence electrons. The molecule has 2 aromatic rings. The first-order chi connectivity index (χ1) is 10.6. The molecule has 0 saturated carbocycles. The fraction of sp³-hybridized carbons (Fsp3) is 0.111. The normalized spacial score (nSPS) is 14.9. The molecule has 0 aliphatic carbocycles. The van der Waals surface area contributed by atoms with E-state index in [0.717, 1.165) is 11.3 Å². The lowest BCUT2D eigenvalue weighted by molar-refractivity contribution is -0.112. The molecule has 4 nitrogen and oxygen atoms in total. The summed E-state index contributed by atoms with van der Waals surface area (Å²) in [6.45, 7) is 0. The molecular formula is C18H15N3O. The van der Waals surface area contributed by atoms with E-state index in [9.17, 15) is 4.79 Å². The largest absolute Gasteiger partial charge is 0.383 e. The summed E-state index contributed by atoms with van der Waals surface area (Å²) in [7, 11) is 3.78. The predicted octanol–water partition coefficient (Wildman–Crippen LogP) is 3.14. The third-order valence-corrected chi connectivity index (χ3v) is 3.49. The molecule has 2 aromatic carbocycles. The Morgan fingerprint density at radius 2 is 1.91 bits per heavy atom. The molecule has 1 amide bonds. The third-order valence-electron chi connectivity index (χ3n) is 3.49. The van der Waals surface area contributed by atoms with Gasteiger partial charge in [0.05, 0.1) is 28.6 Å². The number of carbonyl (C=O) groups is 1. The molecule has 0 fully saturated rings. The number of benzene rings is 2. The second-order valence-electron chi connectivity index (χ2n) is 5.33. The molecule has 0 bridgehead atoms. The number of nitriles is 1. The lowest BCUT2D eigenvalue weighted by Gasteiger charge is -2.17. The minimum Gasteiger partial charge on any atom is -0.383 e. The van der Waals surface area contributed by atoms with Crippen LogP contribution in [-0.2, 0) is 4.79 Å². The van der Waals surface area contributed by atoms with E-state index >= 15 is 0 Å². The maximum atomic E-state index is 12.8. The van der Waals surface area contributed by atoms with Crippen LogP contribution in [0.3, 0.4) is 0 Å². The first-order valence-electron chi connectivity index (χ1n) is 6.94. The minimum absolute atomic E-state index is 0.0787. The molecule has 1 aliphatic rings. The van der Waals surface area contributed by atoms with Crippen molar-refractivity contribution in [3.63, 3.8) is 0 Å². The number of hydrogen-bond acceptors (Lipinski definition) is 3. The van der Waals surface area contributed by atoms with Crippen LogP contribution in [0.2, 0.25) is 0 Å². The minimum atomic E-state index is -0.0787. The topological polar surface area (TPSA) is 47.3 Å². The molecule has 4 heteroatoms. The van der Waals surface area contributed by atoms with Crippen molar-refractivity contribution in [3.05, 3.63) is 65.9 Å². The van der Waals surface area contributed by atoms with E-state index in [2.05, 4.69) is 6.07 Å². The quantitative estimate of drug-likeness (QED) is 0.798. The molecule has 0 aromatic heterocycles. The smallest absolute Gasteiger partial charge is 0.265 e. The molecule has 0 radical (unpaired) electrons. The average Bonchev–Trinajstić information content (AvgIpc) is 2.79. The summed E-state index contributed by atoms with van der Waals surface area (Å²) in [5, 5.41) is 9.07. The Labute approximate surface area is 129 Å². The number of fused-ring (bicyclic) bond motifs is 1. The van der Waals surface area contributed by atoms with E-state index in [4.69, 9.17) is 5.26 Å². The standard InChI is InChI=1S/C18H15N3O/c1-20(2)12-16-15-8-3-4-9-17(15)21(18(16)22)14-7-5-6-13(10-14)11-19/h3-10,12H,1-2H3. The Hall–Kier alpha value is -3.06. The van der Waals surface area contributed by atoms with Crippen LogP contribution in [0.25, 0.3) is 5.57 Å². The van der Waals surface area contributed by atoms with Crippen molar-refractivity contribution in [2.24, 2.45) is 0 Å². The summed E-state index contributed by atoms with van der Waals surface area (Å²) >= 11 is 0. The first kappa shape index (κ1) is 13.9. The Morgan fingerprint density at radius 3 is 2.64 bits per heavy atom. The van der Waals surface area contributed by atoms with Gasteiger partial charge in [-0.3, -0.25) is 9.69 Å². The van der Waals surface area contributed by atoms with E-state index in [0.29, 0.717) is 16.8 Å². The van der Waals surface area contributed by atoms with E-state index < -0.39 is 0 Å². The summed E-state index contributed by atoms with van der Waals surface area (Å²) in [4.78, 5) is 16.4. The van der Waals surface area contributed by atoms with Gasteiger partial charge in [0.1, 0.15) is 0 Å². The Balaban J connectivity index is 2.17. The fourth-order valence-electron chi connectivity index (χ4n) is 2.60. The van der Waals surface area contributed by atoms with Gasteiger partial charge < -0.3 is 4.90 Å². The number of hydrogen-bond donors (Lipinski definition) is 0. The number of anilines is 2. The Kier molecular flexibility index (Phi) is 3.40. The third kappa shape index (κ3) is 2.23. The van der Waals surface area contributed by atoms with Crippen LogP contribution < -0.4 is 4.90 Å². The summed E-state index contributed by atoms with van der Waals surface area (Å²) in [6, 6.07) is 16.9. The van der Waals surface area contributed by atoms with E-state index in [1.807, 2.05) is 55.5 Å². The zero-order chi connectivity index (χ0) is 15.7. The maximum Gasteiger partial charge on any atom is 0.265 e. The highest BCUT2D eigenvalue weighted by Gasteiger charge is 2.33. The van der Waals surface area contributed by atoms with E-state index in [1.54, 1.807) is 23.1 Å². The molecule has 0 spiro atoms. The lowest BCUT2D eigenvalue weighted by Crippen LogP contribution is -2.21. The molecule has 22 heavy (non-hydrogen) atoms. The molecule has 0 N–H and O–H groups in total. The summed E-state index contributed by atoms with van der Waals surface area (Å²) < 4.78 is 0.